The second-order valence-electron chi connectivity index (χ2n) is 4.13. The van der Waals surface area contributed by atoms with Gasteiger partial charge in [-0.25, -0.2) is 0 Å². The zero-order valence-electron chi connectivity index (χ0n) is 10.2. The second kappa shape index (κ2) is 5.51. The van der Waals surface area contributed by atoms with Crippen LogP contribution in [0.2, 0.25) is 0 Å². The van der Waals surface area contributed by atoms with Crippen molar-refractivity contribution in [3.05, 3.63) is 59.5 Å². The van der Waals surface area contributed by atoms with Crippen molar-refractivity contribution >= 4 is 5.91 Å². The van der Waals surface area contributed by atoms with Crippen LogP contribution in [0, 0.1) is 6.92 Å². The number of amides is 1. The molecule has 18 heavy (non-hydrogen) atoms. The maximum atomic E-state index is 11.8. The summed E-state index contributed by atoms with van der Waals surface area (Å²) in [6.07, 6.45) is 0. The van der Waals surface area contributed by atoms with Crippen LogP contribution in [0.3, 0.4) is 0 Å². The highest BCUT2D eigenvalue weighted by atomic mass is 16.3. The number of benzene rings is 1. The van der Waals surface area contributed by atoms with E-state index in [-0.39, 0.29) is 5.91 Å². The van der Waals surface area contributed by atoms with E-state index >= 15 is 0 Å². The maximum absolute atomic E-state index is 11.8. The van der Waals surface area contributed by atoms with Gasteiger partial charge >= 0.3 is 0 Å². The topological polar surface area (TPSA) is 68.3 Å². The molecule has 1 amide bonds. The standard InChI is InChI=1S/C14H16N2O2/c1-10-7-8-12(18-10)13(15)14(17)16-9-11-5-3-2-4-6-11/h2-8,13H,9,15H2,1H3,(H,16,17). The van der Waals surface area contributed by atoms with Gasteiger partial charge in [-0.3, -0.25) is 4.79 Å². The minimum atomic E-state index is -0.762. The van der Waals surface area contributed by atoms with E-state index in [2.05, 4.69) is 5.32 Å². The maximum Gasteiger partial charge on any atom is 0.245 e. The minimum Gasteiger partial charge on any atom is -0.464 e. The molecular formula is C14H16N2O2. The molecule has 1 heterocycles. The summed E-state index contributed by atoms with van der Waals surface area (Å²) in [4.78, 5) is 11.8. The van der Waals surface area contributed by atoms with E-state index < -0.39 is 6.04 Å². The number of furan rings is 1. The van der Waals surface area contributed by atoms with Gasteiger partial charge in [-0.05, 0) is 24.6 Å². The van der Waals surface area contributed by atoms with Crippen molar-refractivity contribution in [2.45, 2.75) is 19.5 Å². The molecule has 1 aromatic heterocycles. The fourth-order valence-electron chi connectivity index (χ4n) is 1.64. The average Bonchev–Trinajstić information content (AvgIpc) is 2.83. The first-order valence-corrected chi connectivity index (χ1v) is 5.80. The van der Waals surface area contributed by atoms with E-state index in [1.807, 2.05) is 37.3 Å². The van der Waals surface area contributed by atoms with E-state index in [0.29, 0.717) is 12.3 Å². The number of hydrogen-bond acceptors (Lipinski definition) is 3. The molecule has 1 unspecified atom stereocenters. The summed E-state index contributed by atoms with van der Waals surface area (Å²) in [6.45, 7) is 2.28. The van der Waals surface area contributed by atoms with Crippen LogP contribution in [0.5, 0.6) is 0 Å². The predicted molar refractivity (Wildman–Crippen MR) is 68.7 cm³/mol. The van der Waals surface area contributed by atoms with Gasteiger partial charge in [-0.15, -0.1) is 0 Å². The molecule has 0 saturated heterocycles. The van der Waals surface area contributed by atoms with Crippen molar-refractivity contribution in [2.75, 3.05) is 0 Å². The SMILES string of the molecule is Cc1ccc(C(N)C(=O)NCc2ccccc2)o1. The fourth-order valence-corrected chi connectivity index (χ4v) is 1.64. The number of rotatable bonds is 4. The molecule has 94 valence electrons. The first-order chi connectivity index (χ1) is 8.66. The average molecular weight is 244 g/mol. The third kappa shape index (κ3) is 2.99. The highest BCUT2D eigenvalue weighted by Gasteiger charge is 2.18. The van der Waals surface area contributed by atoms with Gasteiger partial charge in [0.2, 0.25) is 5.91 Å². The van der Waals surface area contributed by atoms with Gasteiger partial charge in [-0.1, -0.05) is 30.3 Å². The van der Waals surface area contributed by atoms with Crippen LogP contribution in [0.15, 0.2) is 46.9 Å². The lowest BCUT2D eigenvalue weighted by atomic mass is 10.2. The normalized spacial score (nSPS) is 12.1. The lowest BCUT2D eigenvalue weighted by Crippen LogP contribution is -2.33. The third-order valence-corrected chi connectivity index (χ3v) is 2.66. The molecule has 0 aliphatic rings. The Morgan fingerprint density at radius 2 is 2.00 bits per heavy atom. The van der Waals surface area contributed by atoms with E-state index in [0.717, 1.165) is 11.3 Å². The van der Waals surface area contributed by atoms with Crippen molar-refractivity contribution < 1.29 is 9.21 Å². The number of aryl methyl sites for hydroxylation is 1. The first kappa shape index (κ1) is 12.4. The Bertz CT molecular complexity index is 520. The molecule has 1 aromatic carbocycles. The summed E-state index contributed by atoms with van der Waals surface area (Å²) in [5, 5.41) is 2.78. The van der Waals surface area contributed by atoms with Crippen molar-refractivity contribution in [2.24, 2.45) is 5.73 Å². The van der Waals surface area contributed by atoms with Crippen LogP contribution in [0.25, 0.3) is 0 Å². The number of nitrogens with one attached hydrogen (secondary N) is 1. The highest BCUT2D eigenvalue weighted by Crippen LogP contribution is 2.14. The molecule has 2 aromatic rings. The van der Waals surface area contributed by atoms with Crippen LogP contribution in [0.1, 0.15) is 23.1 Å². The molecule has 0 bridgehead atoms. The first-order valence-electron chi connectivity index (χ1n) is 5.80. The molecule has 0 fully saturated rings. The van der Waals surface area contributed by atoms with E-state index in [1.165, 1.54) is 0 Å². The number of carbonyl (C=O) groups excluding carboxylic acids is 1. The summed E-state index contributed by atoms with van der Waals surface area (Å²) in [6, 6.07) is 12.4. The van der Waals surface area contributed by atoms with Crippen molar-refractivity contribution in [3.8, 4) is 0 Å². The lowest BCUT2D eigenvalue weighted by molar-refractivity contribution is -0.123. The van der Waals surface area contributed by atoms with Crippen LogP contribution < -0.4 is 11.1 Å². The minimum absolute atomic E-state index is 0.242. The van der Waals surface area contributed by atoms with Crippen molar-refractivity contribution in [1.29, 1.82) is 0 Å². The van der Waals surface area contributed by atoms with Crippen LogP contribution >= 0.6 is 0 Å². The Hall–Kier alpha value is -2.07. The second-order valence-corrected chi connectivity index (χ2v) is 4.13. The van der Waals surface area contributed by atoms with E-state index in [1.54, 1.807) is 12.1 Å². The molecule has 0 aliphatic heterocycles. The molecule has 3 N–H and O–H groups in total. The van der Waals surface area contributed by atoms with Crippen molar-refractivity contribution in [1.82, 2.24) is 5.32 Å². The third-order valence-electron chi connectivity index (χ3n) is 2.66. The number of hydrogen-bond donors (Lipinski definition) is 2. The highest BCUT2D eigenvalue weighted by molar-refractivity contribution is 5.82. The number of nitrogens with two attached hydrogens (primary N) is 1. The molecule has 0 aliphatic carbocycles. The van der Waals surface area contributed by atoms with E-state index in [4.69, 9.17) is 10.2 Å². The Balaban J connectivity index is 1.92. The van der Waals surface area contributed by atoms with Crippen LogP contribution in [-0.2, 0) is 11.3 Å². The van der Waals surface area contributed by atoms with E-state index in [9.17, 15) is 4.79 Å². The van der Waals surface area contributed by atoms with Gasteiger partial charge in [0.1, 0.15) is 17.6 Å². The molecule has 2 rings (SSSR count). The van der Waals surface area contributed by atoms with Gasteiger partial charge < -0.3 is 15.5 Å². The molecule has 0 spiro atoms. The van der Waals surface area contributed by atoms with Gasteiger partial charge in [0.15, 0.2) is 0 Å². The van der Waals surface area contributed by atoms with Crippen LogP contribution in [0.4, 0.5) is 0 Å². The van der Waals surface area contributed by atoms with Gasteiger partial charge in [0, 0.05) is 6.54 Å². The zero-order chi connectivity index (χ0) is 13.0. The largest absolute Gasteiger partial charge is 0.464 e. The Morgan fingerprint density at radius 1 is 1.28 bits per heavy atom. The Morgan fingerprint density at radius 3 is 2.61 bits per heavy atom. The van der Waals surface area contributed by atoms with Gasteiger partial charge in [-0.2, -0.15) is 0 Å². The van der Waals surface area contributed by atoms with Gasteiger partial charge in [0.25, 0.3) is 0 Å². The monoisotopic (exact) mass is 244 g/mol. The quantitative estimate of drug-likeness (QED) is 0.863. The Labute approximate surface area is 106 Å². The predicted octanol–water partition coefficient (Wildman–Crippen LogP) is 1.90. The van der Waals surface area contributed by atoms with Crippen LogP contribution in [-0.4, -0.2) is 5.91 Å². The zero-order valence-corrected chi connectivity index (χ0v) is 10.2. The molecule has 1 atom stereocenters. The summed E-state index contributed by atoms with van der Waals surface area (Å²) in [7, 11) is 0. The Kier molecular flexibility index (Phi) is 3.79. The van der Waals surface area contributed by atoms with Crippen molar-refractivity contribution in [3.63, 3.8) is 0 Å². The molecule has 4 nitrogen and oxygen atoms in total. The molecule has 4 heteroatoms. The summed E-state index contributed by atoms with van der Waals surface area (Å²) in [5.74, 6) is 0.988. The molecule has 0 radical (unpaired) electrons. The fraction of sp³-hybridized carbons (Fsp3) is 0.214. The lowest BCUT2D eigenvalue weighted by Gasteiger charge is -2.10. The van der Waals surface area contributed by atoms with Gasteiger partial charge in [0.05, 0.1) is 0 Å². The smallest absolute Gasteiger partial charge is 0.245 e. The summed E-state index contributed by atoms with van der Waals surface area (Å²) in [5.41, 5.74) is 6.85. The molecular weight excluding hydrogens is 228 g/mol. The molecule has 0 saturated carbocycles. The number of carbonyl (C=O) groups is 1. The summed E-state index contributed by atoms with van der Waals surface area (Å²) < 4.78 is 5.33. The summed E-state index contributed by atoms with van der Waals surface area (Å²) >= 11 is 0.